The molecule has 4 heteroatoms. The molecular formula is C16H23NO2S. The van der Waals surface area contributed by atoms with Gasteiger partial charge in [0.1, 0.15) is 5.75 Å². The Labute approximate surface area is 125 Å². The molecule has 0 bridgehead atoms. The molecular weight excluding hydrogens is 270 g/mol. The highest BCUT2D eigenvalue weighted by molar-refractivity contribution is 8.00. The Hall–Kier alpha value is -0.870. The zero-order valence-corrected chi connectivity index (χ0v) is 12.9. The van der Waals surface area contributed by atoms with Gasteiger partial charge in [0.15, 0.2) is 0 Å². The van der Waals surface area contributed by atoms with Crippen LogP contribution < -0.4 is 10.5 Å². The molecule has 2 N–H and O–H groups in total. The average Bonchev–Trinajstić information content (AvgIpc) is 2.89. The molecule has 0 radical (unpaired) electrons. The first-order chi connectivity index (χ1) is 9.71. The number of anilines is 1. The Morgan fingerprint density at radius 3 is 2.90 bits per heavy atom. The van der Waals surface area contributed by atoms with E-state index in [0.29, 0.717) is 5.25 Å². The van der Waals surface area contributed by atoms with Crippen molar-refractivity contribution in [3.63, 3.8) is 0 Å². The number of methoxy groups -OCH3 is 1. The Bertz CT molecular complexity index is 472. The molecule has 0 aromatic heterocycles. The lowest BCUT2D eigenvalue weighted by molar-refractivity contribution is -0.0703. The lowest BCUT2D eigenvalue weighted by Gasteiger charge is -2.38. The third kappa shape index (κ3) is 2.91. The fraction of sp³-hybridized carbons (Fsp3) is 0.625. The van der Waals surface area contributed by atoms with Crippen molar-refractivity contribution in [3.05, 3.63) is 18.2 Å². The molecule has 3 rings (SSSR count). The van der Waals surface area contributed by atoms with Crippen molar-refractivity contribution in [3.8, 4) is 5.75 Å². The minimum Gasteiger partial charge on any atom is -0.497 e. The van der Waals surface area contributed by atoms with E-state index < -0.39 is 0 Å². The van der Waals surface area contributed by atoms with E-state index in [1.54, 1.807) is 7.11 Å². The number of ether oxygens (including phenoxy) is 2. The molecule has 1 aromatic carbocycles. The molecule has 1 saturated heterocycles. The van der Waals surface area contributed by atoms with Crippen molar-refractivity contribution >= 4 is 17.4 Å². The highest BCUT2D eigenvalue weighted by atomic mass is 32.2. The molecule has 1 aromatic rings. The van der Waals surface area contributed by atoms with E-state index in [1.807, 2.05) is 23.9 Å². The number of rotatable bonds is 3. The van der Waals surface area contributed by atoms with Gasteiger partial charge in [0.2, 0.25) is 0 Å². The molecule has 2 aliphatic rings. The van der Waals surface area contributed by atoms with E-state index in [9.17, 15) is 0 Å². The topological polar surface area (TPSA) is 44.5 Å². The molecule has 1 heterocycles. The minimum absolute atomic E-state index is 0.170. The summed E-state index contributed by atoms with van der Waals surface area (Å²) in [6.45, 7) is 0.890. The number of thioether (sulfide) groups is 1. The normalized spacial score (nSPS) is 24.9. The van der Waals surface area contributed by atoms with Crippen LogP contribution >= 0.6 is 11.8 Å². The van der Waals surface area contributed by atoms with Crippen LogP contribution in [0.15, 0.2) is 23.1 Å². The number of nitrogens with two attached hydrogens (primary N) is 1. The van der Waals surface area contributed by atoms with Crippen LogP contribution in [0.4, 0.5) is 5.69 Å². The molecule has 2 fully saturated rings. The molecule has 1 spiro atoms. The van der Waals surface area contributed by atoms with Crippen molar-refractivity contribution in [2.24, 2.45) is 0 Å². The highest BCUT2D eigenvalue weighted by Crippen LogP contribution is 2.45. The monoisotopic (exact) mass is 293 g/mol. The SMILES string of the molecule is COc1ccc(N)c(SC2CCOC3(CCCC3)C2)c1. The first kappa shape index (κ1) is 14.1. The highest BCUT2D eigenvalue weighted by Gasteiger charge is 2.40. The Kier molecular flexibility index (Phi) is 4.13. The fourth-order valence-electron chi connectivity index (χ4n) is 3.37. The van der Waals surface area contributed by atoms with Gasteiger partial charge in [-0.15, -0.1) is 11.8 Å². The standard InChI is InChI=1S/C16H23NO2S/c1-18-12-4-5-14(17)15(10-12)20-13-6-9-19-16(11-13)7-2-3-8-16/h4-5,10,13H,2-3,6-9,11,17H2,1H3. The van der Waals surface area contributed by atoms with Gasteiger partial charge in [0, 0.05) is 22.4 Å². The zero-order chi connectivity index (χ0) is 14.0. The van der Waals surface area contributed by atoms with E-state index >= 15 is 0 Å². The number of nitrogen functional groups attached to an aromatic ring is 1. The van der Waals surface area contributed by atoms with Crippen molar-refractivity contribution in [2.45, 2.75) is 54.3 Å². The summed E-state index contributed by atoms with van der Waals surface area (Å²) in [6.07, 6.45) is 7.38. The van der Waals surface area contributed by atoms with Crippen LogP contribution in [-0.2, 0) is 4.74 Å². The van der Waals surface area contributed by atoms with Gasteiger partial charge in [-0.25, -0.2) is 0 Å². The van der Waals surface area contributed by atoms with Crippen LogP contribution in [0.2, 0.25) is 0 Å². The second kappa shape index (κ2) is 5.86. The summed E-state index contributed by atoms with van der Waals surface area (Å²) in [5.41, 5.74) is 7.12. The van der Waals surface area contributed by atoms with Crippen molar-refractivity contribution in [1.29, 1.82) is 0 Å². The lowest BCUT2D eigenvalue weighted by atomic mass is 9.92. The predicted molar refractivity (Wildman–Crippen MR) is 83.4 cm³/mol. The Morgan fingerprint density at radius 1 is 1.35 bits per heavy atom. The lowest BCUT2D eigenvalue weighted by Crippen LogP contribution is -2.38. The molecule has 1 aliphatic heterocycles. The van der Waals surface area contributed by atoms with E-state index in [-0.39, 0.29) is 5.60 Å². The summed E-state index contributed by atoms with van der Waals surface area (Å²) in [4.78, 5) is 1.14. The summed E-state index contributed by atoms with van der Waals surface area (Å²) < 4.78 is 11.4. The summed E-state index contributed by atoms with van der Waals surface area (Å²) in [5.74, 6) is 0.879. The maximum Gasteiger partial charge on any atom is 0.120 e. The maximum absolute atomic E-state index is 6.10. The third-order valence-electron chi connectivity index (χ3n) is 4.48. The minimum atomic E-state index is 0.170. The molecule has 3 nitrogen and oxygen atoms in total. The van der Waals surface area contributed by atoms with E-state index in [1.165, 1.54) is 25.7 Å². The van der Waals surface area contributed by atoms with Gasteiger partial charge >= 0.3 is 0 Å². The number of benzene rings is 1. The second-order valence-electron chi connectivity index (χ2n) is 5.87. The van der Waals surface area contributed by atoms with E-state index in [0.717, 1.165) is 35.8 Å². The van der Waals surface area contributed by atoms with E-state index in [4.69, 9.17) is 15.2 Å². The van der Waals surface area contributed by atoms with Gasteiger partial charge in [-0.2, -0.15) is 0 Å². The smallest absolute Gasteiger partial charge is 0.120 e. The van der Waals surface area contributed by atoms with Crippen LogP contribution in [0.25, 0.3) is 0 Å². The van der Waals surface area contributed by atoms with Crippen LogP contribution in [0.1, 0.15) is 38.5 Å². The molecule has 1 atom stereocenters. The maximum atomic E-state index is 6.10. The molecule has 0 amide bonds. The van der Waals surface area contributed by atoms with Crippen molar-refractivity contribution in [1.82, 2.24) is 0 Å². The number of hydrogen-bond acceptors (Lipinski definition) is 4. The van der Waals surface area contributed by atoms with Crippen LogP contribution in [0.5, 0.6) is 5.75 Å². The Balaban J connectivity index is 1.71. The second-order valence-corrected chi connectivity index (χ2v) is 7.22. The largest absolute Gasteiger partial charge is 0.497 e. The quantitative estimate of drug-likeness (QED) is 0.859. The third-order valence-corrected chi connectivity index (χ3v) is 5.82. The predicted octanol–water partition coefficient (Wildman–Crippen LogP) is 3.86. The van der Waals surface area contributed by atoms with Gasteiger partial charge in [0.05, 0.1) is 12.7 Å². The van der Waals surface area contributed by atoms with Crippen LogP contribution in [-0.4, -0.2) is 24.6 Å². The first-order valence-corrected chi connectivity index (χ1v) is 8.33. The van der Waals surface area contributed by atoms with Gasteiger partial charge in [-0.1, -0.05) is 12.8 Å². The van der Waals surface area contributed by atoms with Gasteiger partial charge < -0.3 is 15.2 Å². The average molecular weight is 293 g/mol. The molecule has 20 heavy (non-hydrogen) atoms. The van der Waals surface area contributed by atoms with Crippen molar-refractivity contribution < 1.29 is 9.47 Å². The molecule has 1 unspecified atom stereocenters. The van der Waals surface area contributed by atoms with Crippen LogP contribution in [0, 0.1) is 0 Å². The van der Waals surface area contributed by atoms with Gasteiger partial charge in [-0.3, -0.25) is 0 Å². The number of hydrogen-bond donors (Lipinski definition) is 1. The zero-order valence-electron chi connectivity index (χ0n) is 12.1. The fourth-order valence-corrected chi connectivity index (χ4v) is 4.72. The molecule has 110 valence electrons. The summed E-state index contributed by atoms with van der Waals surface area (Å²) >= 11 is 1.90. The summed E-state index contributed by atoms with van der Waals surface area (Å²) in [5, 5.41) is 0.608. The van der Waals surface area contributed by atoms with E-state index in [2.05, 4.69) is 6.07 Å². The van der Waals surface area contributed by atoms with Gasteiger partial charge in [0.25, 0.3) is 0 Å². The molecule has 1 saturated carbocycles. The van der Waals surface area contributed by atoms with Gasteiger partial charge in [-0.05, 0) is 43.9 Å². The summed E-state index contributed by atoms with van der Waals surface area (Å²) in [6, 6.07) is 5.91. The Morgan fingerprint density at radius 2 is 2.15 bits per heavy atom. The van der Waals surface area contributed by atoms with Crippen molar-refractivity contribution in [2.75, 3.05) is 19.5 Å². The first-order valence-electron chi connectivity index (χ1n) is 7.45. The molecule has 1 aliphatic carbocycles. The summed E-state index contributed by atoms with van der Waals surface area (Å²) in [7, 11) is 1.70. The van der Waals surface area contributed by atoms with Crippen LogP contribution in [0.3, 0.4) is 0 Å².